The van der Waals surface area contributed by atoms with Gasteiger partial charge in [0, 0.05) is 38.5 Å². The first-order chi connectivity index (χ1) is 12.7. The number of aliphatic hydroxyl groups is 1. The highest BCUT2D eigenvalue weighted by Crippen LogP contribution is 2.18. The molecule has 27 heavy (non-hydrogen) atoms. The molecule has 2 radical (unpaired) electrons. The molecular weight excluding hydrogens is 479 g/mol. The van der Waals surface area contributed by atoms with Crippen molar-refractivity contribution in [3.8, 4) is 0 Å². The molecule has 1 aliphatic heterocycles. The van der Waals surface area contributed by atoms with Gasteiger partial charge in [-0.25, -0.2) is 4.79 Å². The third-order valence-corrected chi connectivity index (χ3v) is 4.47. The SMILES string of the molecule is Nc1ccc(Br)cc1C(=O)O.Nc1ccc(Br)cc1CO.[B]C1CCCO1. The lowest BCUT2D eigenvalue weighted by Gasteiger charge is -2.00. The summed E-state index contributed by atoms with van der Waals surface area (Å²) in [4.78, 5) is 10.5. The second-order valence-electron chi connectivity index (χ2n) is 5.59. The van der Waals surface area contributed by atoms with Crippen LogP contribution >= 0.6 is 31.9 Å². The van der Waals surface area contributed by atoms with E-state index in [0.29, 0.717) is 10.2 Å². The van der Waals surface area contributed by atoms with Gasteiger partial charge in [-0.05, 0) is 49.2 Å². The molecule has 0 aliphatic carbocycles. The summed E-state index contributed by atoms with van der Waals surface area (Å²) in [6.07, 6.45) is 2.18. The fourth-order valence-corrected chi connectivity index (χ4v) is 2.80. The third kappa shape index (κ3) is 8.79. The molecule has 3 rings (SSSR count). The zero-order valence-corrected chi connectivity index (χ0v) is 17.7. The van der Waals surface area contributed by atoms with E-state index in [1.807, 2.05) is 6.07 Å². The van der Waals surface area contributed by atoms with Crippen LogP contribution in [0.4, 0.5) is 11.4 Å². The Balaban J connectivity index is 0.000000211. The molecule has 144 valence electrons. The van der Waals surface area contributed by atoms with Crippen molar-refractivity contribution < 1.29 is 19.7 Å². The zero-order chi connectivity index (χ0) is 20.4. The summed E-state index contributed by atoms with van der Waals surface area (Å²) in [7, 11) is 5.31. The maximum atomic E-state index is 10.5. The summed E-state index contributed by atoms with van der Waals surface area (Å²) < 4.78 is 6.58. The molecule has 6 nitrogen and oxygen atoms in total. The molecule has 0 saturated carbocycles. The van der Waals surface area contributed by atoms with Gasteiger partial charge in [0.05, 0.1) is 12.2 Å². The first-order valence-electron chi connectivity index (χ1n) is 8.04. The van der Waals surface area contributed by atoms with Crippen molar-refractivity contribution in [1.82, 2.24) is 0 Å². The molecule has 1 heterocycles. The minimum atomic E-state index is -1.01. The second-order valence-corrected chi connectivity index (χ2v) is 7.42. The first kappa shape index (κ1) is 23.5. The van der Waals surface area contributed by atoms with Crippen LogP contribution in [0, 0.1) is 0 Å². The number of carboxylic acids is 1. The molecule has 1 unspecified atom stereocenters. The molecule has 0 aromatic heterocycles. The van der Waals surface area contributed by atoms with Crippen LogP contribution in [0.15, 0.2) is 45.3 Å². The summed E-state index contributed by atoms with van der Waals surface area (Å²) in [5.74, 6) is -1.01. The lowest BCUT2D eigenvalue weighted by molar-refractivity contribution is 0.0698. The standard InChI is InChI=1S/C7H6BrNO2.C7H8BrNO.C4H7BO/c8-4-1-2-6(9)5(3-4)7(10)11;8-6-1-2-7(9)5(3-6)4-10;5-4-2-1-3-6-4/h1-3H,9H2,(H,10,11);1-3,10H,4,9H2;4H,1-3H2. The third-order valence-electron chi connectivity index (χ3n) is 3.49. The van der Waals surface area contributed by atoms with E-state index in [0.717, 1.165) is 29.5 Å². The number of benzene rings is 2. The summed E-state index contributed by atoms with van der Waals surface area (Å²) in [5.41, 5.74) is 12.7. The Morgan fingerprint density at radius 1 is 1.15 bits per heavy atom. The molecule has 2 aromatic rings. The van der Waals surface area contributed by atoms with E-state index in [1.54, 1.807) is 24.3 Å². The van der Waals surface area contributed by atoms with Crippen LogP contribution in [0.1, 0.15) is 28.8 Å². The van der Waals surface area contributed by atoms with Gasteiger partial charge in [0.2, 0.25) is 0 Å². The van der Waals surface area contributed by atoms with Crippen molar-refractivity contribution in [3.63, 3.8) is 0 Å². The molecule has 1 fully saturated rings. The number of nitrogens with two attached hydrogens (primary N) is 2. The van der Waals surface area contributed by atoms with E-state index >= 15 is 0 Å². The number of hydrogen-bond donors (Lipinski definition) is 4. The van der Waals surface area contributed by atoms with Crippen molar-refractivity contribution in [1.29, 1.82) is 0 Å². The van der Waals surface area contributed by atoms with Crippen molar-refractivity contribution in [2.24, 2.45) is 0 Å². The maximum absolute atomic E-state index is 10.5. The number of aliphatic hydroxyl groups excluding tert-OH is 1. The minimum Gasteiger partial charge on any atom is -0.478 e. The first-order valence-corrected chi connectivity index (χ1v) is 9.63. The average Bonchev–Trinajstić information content (AvgIpc) is 3.11. The Bertz CT molecular complexity index is 756. The summed E-state index contributed by atoms with van der Waals surface area (Å²) in [6, 6.07) is 10.2. The van der Waals surface area contributed by atoms with Crippen LogP contribution in [0.5, 0.6) is 0 Å². The smallest absolute Gasteiger partial charge is 0.337 e. The molecular formula is C18H21BBr2N2O4. The number of aromatic carboxylic acids is 1. The second kappa shape index (κ2) is 12.0. The molecule has 0 amide bonds. The Morgan fingerprint density at radius 2 is 1.74 bits per heavy atom. The van der Waals surface area contributed by atoms with Crippen LogP contribution in [0.3, 0.4) is 0 Å². The van der Waals surface area contributed by atoms with Crippen molar-refractivity contribution in [2.45, 2.75) is 25.5 Å². The summed E-state index contributed by atoms with van der Waals surface area (Å²) in [5, 5.41) is 17.3. The Morgan fingerprint density at radius 3 is 2.11 bits per heavy atom. The number of halogens is 2. The van der Waals surface area contributed by atoms with Gasteiger partial charge in [0.1, 0.15) is 7.85 Å². The summed E-state index contributed by atoms with van der Waals surface area (Å²) >= 11 is 6.42. The van der Waals surface area contributed by atoms with Gasteiger partial charge in [-0.3, -0.25) is 0 Å². The summed E-state index contributed by atoms with van der Waals surface area (Å²) in [6.45, 7) is 0.854. The molecule has 1 atom stereocenters. The fourth-order valence-electron chi connectivity index (χ4n) is 2.03. The number of ether oxygens (including phenoxy) is 1. The fraction of sp³-hybridized carbons (Fsp3) is 0.278. The molecule has 0 bridgehead atoms. The molecule has 0 spiro atoms. The van der Waals surface area contributed by atoms with E-state index in [9.17, 15) is 4.79 Å². The largest absolute Gasteiger partial charge is 0.478 e. The number of nitrogen functional groups attached to an aromatic ring is 2. The van der Waals surface area contributed by atoms with Gasteiger partial charge in [0.15, 0.2) is 0 Å². The van der Waals surface area contributed by atoms with Gasteiger partial charge >= 0.3 is 5.97 Å². The van der Waals surface area contributed by atoms with E-state index in [-0.39, 0.29) is 23.9 Å². The van der Waals surface area contributed by atoms with E-state index < -0.39 is 5.97 Å². The molecule has 1 saturated heterocycles. The van der Waals surface area contributed by atoms with Gasteiger partial charge in [-0.2, -0.15) is 0 Å². The Labute approximate surface area is 176 Å². The van der Waals surface area contributed by atoms with Crippen LogP contribution in [-0.2, 0) is 11.3 Å². The number of rotatable bonds is 2. The molecule has 6 N–H and O–H groups in total. The predicted octanol–water partition coefficient (Wildman–Crippen LogP) is 3.54. The van der Waals surface area contributed by atoms with E-state index in [2.05, 4.69) is 31.9 Å². The topological polar surface area (TPSA) is 119 Å². The van der Waals surface area contributed by atoms with Crippen LogP contribution in [-0.4, -0.2) is 36.6 Å². The van der Waals surface area contributed by atoms with Crippen molar-refractivity contribution in [2.75, 3.05) is 18.1 Å². The number of carboxylic acid groups (broad SMARTS) is 1. The van der Waals surface area contributed by atoms with Crippen LogP contribution in [0.25, 0.3) is 0 Å². The maximum Gasteiger partial charge on any atom is 0.337 e. The highest BCUT2D eigenvalue weighted by atomic mass is 79.9. The highest BCUT2D eigenvalue weighted by molar-refractivity contribution is 9.10. The predicted molar refractivity (Wildman–Crippen MR) is 115 cm³/mol. The number of anilines is 2. The average molecular weight is 500 g/mol. The van der Waals surface area contributed by atoms with Gasteiger partial charge in [0.25, 0.3) is 0 Å². The lowest BCUT2D eigenvalue weighted by atomic mass is 9.98. The zero-order valence-electron chi connectivity index (χ0n) is 14.6. The van der Waals surface area contributed by atoms with E-state index in [1.165, 1.54) is 6.07 Å². The quantitative estimate of drug-likeness (QED) is 0.370. The molecule has 2 aromatic carbocycles. The van der Waals surface area contributed by atoms with Crippen LogP contribution in [0.2, 0.25) is 0 Å². The van der Waals surface area contributed by atoms with E-state index in [4.69, 9.17) is 34.3 Å². The van der Waals surface area contributed by atoms with Gasteiger partial charge < -0.3 is 26.4 Å². The van der Waals surface area contributed by atoms with Crippen molar-refractivity contribution >= 4 is 57.1 Å². The Kier molecular flexibility index (Phi) is 10.5. The minimum absolute atomic E-state index is 0.00866. The molecule has 1 aliphatic rings. The number of hydrogen-bond acceptors (Lipinski definition) is 5. The van der Waals surface area contributed by atoms with Crippen molar-refractivity contribution in [3.05, 3.63) is 56.5 Å². The Hall–Kier alpha value is -1.55. The van der Waals surface area contributed by atoms with Crippen LogP contribution < -0.4 is 11.5 Å². The van der Waals surface area contributed by atoms with Gasteiger partial charge in [-0.1, -0.05) is 31.9 Å². The monoisotopic (exact) mass is 498 g/mol. The van der Waals surface area contributed by atoms with Gasteiger partial charge in [-0.15, -0.1) is 0 Å². The normalized spacial score (nSPS) is 15.1. The number of carbonyl (C=O) groups is 1. The highest BCUT2D eigenvalue weighted by Gasteiger charge is 2.07. The molecule has 9 heteroatoms. The lowest BCUT2D eigenvalue weighted by Crippen LogP contribution is -2.01.